The van der Waals surface area contributed by atoms with Crippen LogP contribution in [-0.2, 0) is 4.74 Å². The van der Waals surface area contributed by atoms with Gasteiger partial charge in [0.15, 0.2) is 0 Å². The number of hydrogen-bond donors (Lipinski definition) is 0. The topological polar surface area (TPSA) is 12.5 Å². The van der Waals surface area contributed by atoms with Crippen molar-refractivity contribution in [3.8, 4) is 0 Å². The average molecular weight is 291 g/mol. The number of nitrogens with zero attached hydrogens (tertiary/aromatic N) is 1. The van der Waals surface area contributed by atoms with E-state index < -0.39 is 0 Å². The first-order valence-electron chi connectivity index (χ1n) is 7.49. The van der Waals surface area contributed by atoms with E-state index in [9.17, 15) is 0 Å². The lowest BCUT2D eigenvalue weighted by atomic mass is 9.95. The maximum atomic E-state index is 6.18. The Bertz CT molecular complexity index is 482. The van der Waals surface area contributed by atoms with Gasteiger partial charge in [-0.3, -0.25) is 4.90 Å². The molecule has 1 saturated heterocycles. The first-order chi connectivity index (χ1) is 9.35. The second-order valence-corrected chi connectivity index (χ2v) is 8.40. The van der Waals surface area contributed by atoms with Gasteiger partial charge in [-0.15, -0.1) is 11.8 Å². The summed E-state index contributed by atoms with van der Waals surface area (Å²) < 4.78 is 6.18. The van der Waals surface area contributed by atoms with Crippen LogP contribution in [0.4, 0.5) is 0 Å². The molecule has 1 aromatic carbocycles. The number of hydrogen-bond acceptors (Lipinski definition) is 3. The van der Waals surface area contributed by atoms with Crippen LogP contribution in [0.25, 0.3) is 0 Å². The van der Waals surface area contributed by atoms with Gasteiger partial charge < -0.3 is 4.74 Å². The molecule has 0 aromatic heterocycles. The summed E-state index contributed by atoms with van der Waals surface area (Å²) >= 11 is 2.01. The Kier molecular flexibility index (Phi) is 3.64. The summed E-state index contributed by atoms with van der Waals surface area (Å²) in [6.45, 7) is 12.0. The highest BCUT2D eigenvalue weighted by atomic mass is 32.2. The van der Waals surface area contributed by atoms with Crippen molar-refractivity contribution < 1.29 is 4.74 Å². The SMILES string of the molecule is CC1(C)CN(CC2CSc3ccccc32)CC(C)(C)O1. The third kappa shape index (κ3) is 3.05. The quantitative estimate of drug-likeness (QED) is 0.823. The molecular formula is C17H25NOS. The minimum absolute atomic E-state index is 0.0486. The van der Waals surface area contributed by atoms with E-state index in [1.54, 1.807) is 5.56 Å². The van der Waals surface area contributed by atoms with E-state index in [2.05, 4.69) is 56.9 Å². The lowest BCUT2D eigenvalue weighted by Crippen LogP contribution is -2.57. The monoisotopic (exact) mass is 291 g/mol. The zero-order valence-corrected chi connectivity index (χ0v) is 13.8. The molecular weight excluding hydrogens is 266 g/mol. The fourth-order valence-electron chi connectivity index (χ4n) is 3.77. The summed E-state index contributed by atoms with van der Waals surface area (Å²) in [4.78, 5) is 4.07. The highest BCUT2D eigenvalue weighted by Crippen LogP contribution is 2.40. The predicted molar refractivity (Wildman–Crippen MR) is 85.6 cm³/mol. The molecule has 2 aliphatic heterocycles. The van der Waals surface area contributed by atoms with Gasteiger partial charge >= 0.3 is 0 Å². The van der Waals surface area contributed by atoms with Crippen LogP contribution in [0, 0.1) is 0 Å². The van der Waals surface area contributed by atoms with E-state index in [0.29, 0.717) is 5.92 Å². The Labute approximate surface area is 126 Å². The molecule has 1 unspecified atom stereocenters. The van der Waals surface area contributed by atoms with Gasteiger partial charge in [0, 0.05) is 36.2 Å². The number of thioether (sulfide) groups is 1. The molecule has 2 nitrogen and oxygen atoms in total. The van der Waals surface area contributed by atoms with Crippen molar-refractivity contribution in [1.82, 2.24) is 4.90 Å². The molecule has 1 fully saturated rings. The Morgan fingerprint density at radius 3 is 2.50 bits per heavy atom. The summed E-state index contributed by atoms with van der Waals surface area (Å²) in [5.41, 5.74) is 1.44. The predicted octanol–water partition coefficient (Wildman–Crippen LogP) is 3.77. The van der Waals surface area contributed by atoms with Crippen LogP contribution in [0.5, 0.6) is 0 Å². The summed E-state index contributed by atoms with van der Waals surface area (Å²) in [5, 5.41) is 0. The number of morpholine rings is 1. The van der Waals surface area contributed by atoms with Crippen molar-refractivity contribution in [2.24, 2.45) is 0 Å². The lowest BCUT2D eigenvalue weighted by molar-refractivity contribution is -0.180. The van der Waals surface area contributed by atoms with Crippen LogP contribution in [-0.4, -0.2) is 41.5 Å². The molecule has 3 rings (SSSR count). The third-order valence-electron chi connectivity index (χ3n) is 4.04. The van der Waals surface area contributed by atoms with Crippen LogP contribution in [0.15, 0.2) is 29.2 Å². The molecule has 0 aliphatic carbocycles. The molecule has 1 aromatic rings. The van der Waals surface area contributed by atoms with Crippen molar-refractivity contribution in [2.75, 3.05) is 25.4 Å². The molecule has 0 N–H and O–H groups in total. The van der Waals surface area contributed by atoms with Crippen LogP contribution >= 0.6 is 11.8 Å². The molecule has 0 saturated carbocycles. The average Bonchev–Trinajstić information content (AvgIpc) is 2.69. The van der Waals surface area contributed by atoms with Gasteiger partial charge in [-0.05, 0) is 39.3 Å². The Morgan fingerprint density at radius 1 is 1.15 bits per heavy atom. The second kappa shape index (κ2) is 5.04. The molecule has 0 radical (unpaired) electrons. The van der Waals surface area contributed by atoms with Gasteiger partial charge in [-0.25, -0.2) is 0 Å². The van der Waals surface area contributed by atoms with E-state index in [-0.39, 0.29) is 11.2 Å². The Hall–Kier alpha value is -0.510. The van der Waals surface area contributed by atoms with Gasteiger partial charge in [0.2, 0.25) is 0 Å². The molecule has 110 valence electrons. The largest absolute Gasteiger partial charge is 0.367 e. The maximum absolute atomic E-state index is 6.18. The van der Waals surface area contributed by atoms with Crippen LogP contribution in [0.2, 0.25) is 0 Å². The van der Waals surface area contributed by atoms with Crippen molar-refractivity contribution >= 4 is 11.8 Å². The minimum Gasteiger partial charge on any atom is -0.367 e. The molecule has 3 heteroatoms. The Balaban J connectivity index is 1.73. The van der Waals surface area contributed by atoms with Crippen LogP contribution in [0.3, 0.4) is 0 Å². The van der Waals surface area contributed by atoms with Crippen LogP contribution in [0.1, 0.15) is 39.2 Å². The molecule has 2 aliphatic rings. The number of benzene rings is 1. The van der Waals surface area contributed by atoms with Crippen molar-refractivity contribution in [1.29, 1.82) is 0 Å². The van der Waals surface area contributed by atoms with Gasteiger partial charge in [0.25, 0.3) is 0 Å². The van der Waals surface area contributed by atoms with E-state index in [1.807, 2.05) is 11.8 Å². The van der Waals surface area contributed by atoms with E-state index in [0.717, 1.165) is 19.6 Å². The van der Waals surface area contributed by atoms with E-state index in [4.69, 9.17) is 4.74 Å². The van der Waals surface area contributed by atoms with E-state index in [1.165, 1.54) is 10.6 Å². The fourth-order valence-corrected chi connectivity index (χ4v) is 5.01. The van der Waals surface area contributed by atoms with Gasteiger partial charge in [-0.1, -0.05) is 18.2 Å². The molecule has 0 bridgehead atoms. The van der Waals surface area contributed by atoms with E-state index >= 15 is 0 Å². The zero-order valence-electron chi connectivity index (χ0n) is 13.0. The Morgan fingerprint density at radius 2 is 1.80 bits per heavy atom. The first-order valence-corrected chi connectivity index (χ1v) is 8.47. The first kappa shape index (κ1) is 14.4. The third-order valence-corrected chi connectivity index (χ3v) is 5.29. The summed E-state index contributed by atoms with van der Waals surface area (Å²) in [6, 6.07) is 8.88. The molecule has 2 heterocycles. The molecule has 0 spiro atoms. The minimum atomic E-state index is -0.0486. The standard InChI is InChI=1S/C17H25NOS/c1-16(2)11-18(12-17(3,4)19-16)9-13-10-20-15-8-6-5-7-14(13)15/h5-8,13H,9-12H2,1-4H3. The zero-order chi connectivity index (χ0) is 14.4. The fraction of sp³-hybridized carbons (Fsp3) is 0.647. The van der Waals surface area contributed by atoms with Gasteiger partial charge in [0.1, 0.15) is 0 Å². The number of rotatable bonds is 2. The molecule has 1 atom stereocenters. The number of ether oxygens (including phenoxy) is 1. The lowest BCUT2D eigenvalue weighted by Gasteiger charge is -2.47. The van der Waals surface area contributed by atoms with Crippen molar-refractivity contribution in [3.63, 3.8) is 0 Å². The molecule has 0 amide bonds. The normalized spacial score (nSPS) is 28.3. The van der Waals surface area contributed by atoms with Crippen LogP contribution < -0.4 is 0 Å². The smallest absolute Gasteiger partial charge is 0.0760 e. The van der Waals surface area contributed by atoms with Crippen molar-refractivity contribution in [3.05, 3.63) is 29.8 Å². The number of fused-ring (bicyclic) bond motifs is 1. The van der Waals surface area contributed by atoms with Gasteiger partial charge in [-0.2, -0.15) is 0 Å². The highest BCUT2D eigenvalue weighted by molar-refractivity contribution is 7.99. The second-order valence-electron chi connectivity index (χ2n) is 7.34. The highest BCUT2D eigenvalue weighted by Gasteiger charge is 2.39. The maximum Gasteiger partial charge on any atom is 0.0760 e. The summed E-state index contributed by atoms with van der Waals surface area (Å²) in [6.07, 6.45) is 0. The van der Waals surface area contributed by atoms with Crippen molar-refractivity contribution in [2.45, 2.75) is 49.7 Å². The summed E-state index contributed by atoms with van der Waals surface area (Å²) in [5.74, 6) is 1.89. The molecule has 20 heavy (non-hydrogen) atoms. The van der Waals surface area contributed by atoms with Gasteiger partial charge in [0.05, 0.1) is 11.2 Å². The summed E-state index contributed by atoms with van der Waals surface area (Å²) in [7, 11) is 0.